The number of hydrogen-bond donors (Lipinski definition) is 0. The zero-order chi connectivity index (χ0) is 8.23. The van der Waals surface area contributed by atoms with E-state index in [1.807, 2.05) is 12.2 Å². The van der Waals surface area contributed by atoms with Gasteiger partial charge in [0.2, 0.25) is 0 Å². The minimum absolute atomic E-state index is 1.21. The molecular formula is C12H14. The molecule has 62 valence electrons. The van der Waals surface area contributed by atoms with Gasteiger partial charge >= 0.3 is 0 Å². The van der Waals surface area contributed by atoms with Crippen LogP contribution < -0.4 is 0 Å². The molecule has 0 heterocycles. The van der Waals surface area contributed by atoms with Gasteiger partial charge in [0.1, 0.15) is 0 Å². The third kappa shape index (κ3) is 1.61. The maximum Gasteiger partial charge on any atom is 0.00490 e. The molecule has 0 bridgehead atoms. The molecule has 0 aromatic heterocycles. The monoisotopic (exact) mass is 158 g/mol. The Morgan fingerprint density at radius 1 is 0.750 bits per heavy atom. The molecule has 2 aliphatic carbocycles. The van der Waals surface area contributed by atoms with Crippen LogP contribution in [0.3, 0.4) is 0 Å². The van der Waals surface area contributed by atoms with Gasteiger partial charge in [0, 0.05) is 11.1 Å². The Hall–Kier alpha value is -0.960. The molecule has 0 aromatic rings. The third-order valence-electron chi connectivity index (χ3n) is 2.57. The van der Waals surface area contributed by atoms with E-state index in [0.29, 0.717) is 0 Å². The second-order valence-electron chi connectivity index (χ2n) is 3.49. The molecule has 0 N–H and O–H groups in total. The topological polar surface area (TPSA) is 0 Å². The molecule has 0 nitrogen and oxygen atoms in total. The Balaban J connectivity index is 2.20. The largest absolute Gasteiger partial charge is 0.116 e. The summed E-state index contributed by atoms with van der Waals surface area (Å²) >= 11 is 0. The quantitative estimate of drug-likeness (QED) is 0.473. The molecule has 0 unspecified atom stereocenters. The van der Waals surface area contributed by atoms with Crippen LogP contribution in [0.25, 0.3) is 0 Å². The molecule has 1 fully saturated rings. The minimum Gasteiger partial charge on any atom is -0.116 e. The van der Waals surface area contributed by atoms with Crippen LogP contribution in [-0.4, -0.2) is 0 Å². The Morgan fingerprint density at radius 3 is 1.75 bits per heavy atom. The summed E-state index contributed by atoms with van der Waals surface area (Å²) in [5, 5.41) is 0. The van der Waals surface area contributed by atoms with E-state index < -0.39 is 0 Å². The maximum absolute atomic E-state index is 3.33. The first-order valence-corrected chi connectivity index (χ1v) is 4.87. The molecule has 2 rings (SSSR count). The Bertz CT molecular complexity index is 260. The van der Waals surface area contributed by atoms with E-state index in [9.17, 15) is 0 Å². The lowest BCUT2D eigenvalue weighted by Gasteiger charge is -2.12. The molecule has 0 spiro atoms. The molecule has 2 aliphatic rings. The summed E-state index contributed by atoms with van der Waals surface area (Å²) in [7, 11) is 0. The van der Waals surface area contributed by atoms with Crippen molar-refractivity contribution in [3.8, 4) is 0 Å². The van der Waals surface area contributed by atoms with Crippen LogP contribution in [-0.2, 0) is 0 Å². The van der Waals surface area contributed by atoms with Gasteiger partial charge in [0.05, 0.1) is 0 Å². The van der Waals surface area contributed by atoms with Gasteiger partial charge in [-0.2, -0.15) is 0 Å². The first kappa shape index (κ1) is 7.68. The average molecular weight is 158 g/mol. The van der Waals surface area contributed by atoms with Crippen molar-refractivity contribution in [3.63, 3.8) is 0 Å². The Labute approximate surface area is 74.0 Å². The van der Waals surface area contributed by atoms with Crippen molar-refractivity contribution >= 4 is 0 Å². The molecule has 0 heteroatoms. The highest BCUT2D eigenvalue weighted by molar-refractivity contribution is 5.34. The fraction of sp³-hybridized carbons (Fsp3) is 0.500. The van der Waals surface area contributed by atoms with E-state index >= 15 is 0 Å². The van der Waals surface area contributed by atoms with Gasteiger partial charge in [-0.25, -0.2) is 0 Å². The molecule has 0 atom stereocenters. The highest BCUT2D eigenvalue weighted by Gasteiger charge is 2.08. The predicted octanol–water partition coefficient (Wildman–Crippen LogP) is 3.52. The van der Waals surface area contributed by atoms with Crippen LogP contribution in [0, 0.1) is 0 Å². The zero-order valence-electron chi connectivity index (χ0n) is 7.40. The van der Waals surface area contributed by atoms with Crippen molar-refractivity contribution in [1.29, 1.82) is 0 Å². The summed E-state index contributed by atoms with van der Waals surface area (Å²) in [5.41, 5.74) is 9.48. The number of fused-ring (bicyclic) bond motifs is 1. The summed E-state index contributed by atoms with van der Waals surface area (Å²) in [4.78, 5) is 0. The second-order valence-corrected chi connectivity index (χ2v) is 3.49. The van der Waals surface area contributed by atoms with Crippen molar-refractivity contribution in [2.75, 3.05) is 0 Å². The van der Waals surface area contributed by atoms with E-state index in [-0.39, 0.29) is 0 Å². The number of allylic oxidation sites excluding steroid dienone is 2. The van der Waals surface area contributed by atoms with Crippen LogP contribution in [0.2, 0.25) is 0 Å². The molecule has 0 amide bonds. The maximum atomic E-state index is 3.33. The molecule has 12 heavy (non-hydrogen) atoms. The molecule has 0 aliphatic heterocycles. The SMILES string of the molecule is C1=CC=C=C2CCCCCCC=12. The van der Waals surface area contributed by atoms with E-state index in [1.54, 1.807) is 0 Å². The van der Waals surface area contributed by atoms with Gasteiger partial charge in [-0.15, -0.1) is 11.5 Å². The smallest absolute Gasteiger partial charge is 0.00490 e. The van der Waals surface area contributed by atoms with Crippen molar-refractivity contribution in [3.05, 3.63) is 34.8 Å². The van der Waals surface area contributed by atoms with Crippen molar-refractivity contribution < 1.29 is 0 Å². The summed E-state index contributed by atoms with van der Waals surface area (Å²) in [5.74, 6) is 0. The second kappa shape index (κ2) is 3.63. The number of rotatable bonds is 0. The van der Waals surface area contributed by atoms with Gasteiger partial charge in [0.15, 0.2) is 0 Å². The fourth-order valence-electron chi connectivity index (χ4n) is 1.86. The van der Waals surface area contributed by atoms with Gasteiger partial charge in [-0.05, 0) is 37.8 Å². The van der Waals surface area contributed by atoms with Crippen molar-refractivity contribution in [1.82, 2.24) is 0 Å². The molecule has 0 radical (unpaired) electrons. The summed E-state index contributed by atoms with van der Waals surface area (Å²) in [6.07, 6.45) is 11.9. The van der Waals surface area contributed by atoms with E-state index in [0.717, 1.165) is 0 Å². The van der Waals surface area contributed by atoms with Crippen molar-refractivity contribution in [2.45, 2.75) is 38.5 Å². The van der Waals surface area contributed by atoms with Gasteiger partial charge in [0.25, 0.3) is 0 Å². The summed E-state index contributed by atoms with van der Waals surface area (Å²) in [6.45, 7) is 0. The molecule has 0 aromatic carbocycles. The Kier molecular flexibility index (Phi) is 2.32. The van der Waals surface area contributed by atoms with Gasteiger partial charge < -0.3 is 0 Å². The third-order valence-corrected chi connectivity index (χ3v) is 2.57. The van der Waals surface area contributed by atoms with Crippen LogP contribution in [0.15, 0.2) is 34.8 Å². The average Bonchev–Trinajstić information content (AvgIpc) is 2.06. The highest BCUT2D eigenvalue weighted by atomic mass is 14.1. The zero-order valence-corrected chi connectivity index (χ0v) is 7.40. The molecule has 1 saturated carbocycles. The van der Waals surface area contributed by atoms with E-state index in [2.05, 4.69) is 11.5 Å². The normalized spacial score (nSPS) is 22.0. The first-order valence-electron chi connectivity index (χ1n) is 4.87. The summed E-state index contributed by atoms with van der Waals surface area (Å²) < 4.78 is 0. The van der Waals surface area contributed by atoms with Crippen LogP contribution >= 0.6 is 0 Å². The lowest BCUT2D eigenvalue weighted by Crippen LogP contribution is -1.95. The molecule has 0 saturated heterocycles. The lowest BCUT2D eigenvalue weighted by molar-refractivity contribution is 0.614. The summed E-state index contributed by atoms with van der Waals surface area (Å²) in [6, 6.07) is 0. The standard InChI is InChI=1S/C12H14/c1-2-4-8-12-10-6-5-9-11(12)7-3-1/h5-6H,1-4,7-8H2. The highest BCUT2D eigenvalue weighted by Crippen LogP contribution is 2.26. The predicted molar refractivity (Wildman–Crippen MR) is 50.9 cm³/mol. The van der Waals surface area contributed by atoms with Gasteiger partial charge in [-0.1, -0.05) is 12.8 Å². The Morgan fingerprint density at radius 2 is 1.25 bits per heavy atom. The van der Waals surface area contributed by atoms with E-state index in [1.165, 1.54) is 49.7 Å². The van der Waals surface area contributed by atoms with Gasteiger partial charge in [-0.3, -0.25) is 0 Å². The van der Waals surface area contributed by atoms with Crippen LogP contribution in [0.4, 0.5) is 0 Å². The van der Waals surface area contributed by atoms with Crippen LogP contribution in [0.1, 0.15) is 38.5 Å². The lowest BCUT2D eigenvalue weighted by atomic mass is 9.91. The molecular weight excluding hydrogens is 144 g/mol. The van der Waals surface area contributed by atoms with Crippen LogP contribution in [0.5, 0.6) is 0 Å². The van der Waals surface area contributed by atoms with E-state index in [4.69, 9.17) is 0 Å². The number of hydrogen-bond acceptors (Lipinski definition) is 0. The fourth-order valence-corrected chi connectivity index (χ4v) is 1.86. The van der Waals surface area contributed by atoms with Crippen molar-refractivity contribution in [2.24, 2.45) is 0 Å². The first-order chi connectivity index (χ1) is 5.97. The minimum atomic E-state index is 1.21.